The highest BCUT2D eigenvalue weighted by Crippen LogP contribution is 2.47. The highest BCUT2D eigenvalue weighted by atomic mass is 16.6. The van der Waals surface area contributed by atoms with Crippen molar-refractivity contribution >= 4 is 22.5 Å². The standard InChI is InChI=1S/C20H14N4O4/c1-11(25)23-16-8-3-2-7-14(16)19-18(23)17(15(10-21)20(22)28-19)12-5-4-6-13(9-12)24(26)27/h2-9,17H,22H2,1H3/t17-/m0/s1. The molecule has 1 atom stereocenters. The quantitative estimate of drug-likeness (QED) is 0.541. The molecule has 0 spiro atoms. The summed E-state index contributed by atoms with van der Waals surface area (Å²) in [6, 6.07) is 15.1. The minimum absolute atomic E-state index is 0.0852. The molecule has 2 N–H and O–H groups in total. The second-order valence-electron chi connectivity index (χ2n) is 6.36. The maximum atomic E-state index is 12.5. The van der Waals surface area contributed by atoms with Crippen molar-refractivity contribution in [2.75, 3.05) is 0 Å². The molecule has 0 amide bonds. The van der Waals surface area contributed by atoms with Gasteiger partial charge in [-0.1, -0.05) is 24.3 Å². The molecule has 0 radical (unpaired) electrons. The molecule has 4 rings (SSSR count). The summed E-state index contributed by atoms with van der Waals surface area (Å²) in [7, 11) is 0. The van der Waals surface area contributed by atoms with E-state index in [0.717, 1.165) is 0 Å². The Morgan fingerprint density at radius 1 is 1.29 bits per heavy atom. The van der Waals surface area contributed by atoms with Gasteiger partial charge in [0.1, 0.15) is 11.6 Å². The van der Waals surface area contributed by atoms with Gasteiger partial charge in [-0.2, -0.15) is 5.26 Å². The van der Waals surface area contributed by atoms with Gasteiger partial charge in [0.05, 0.1) is 22.1 Å². The Balaban J connectivity index is 2.10. The Kier molecular flexibility index (Phi) is 3.86. The van der Waals surface area contributed by atoms with E-state index in [1.807, 2.05) is 6.07 Å². The molecule has 138 valence electrons. The van der Waals surface area contributed by atoms with E-state index in [9.17, 15) is 20.2 Å². The van der Waals surface area contributed by atoms with Crippen molar-refractivity contribution in [3.8, 4) is 11.8 Å². The fourth-order valence-electron chi connectivity index (χ4n) is 3.64. The first-order valence-electron chi connectivity index (χ1n) is 8.40. The SMILES string of the molecule is CC(=O)n1c2c(c3ccccc31)OC(N)=C(C#N)[C@@H]2c1cccc([N+](=O)[O-])c1. The minimum Gasteiger partial charge on any atom is -0.438 e. The molecular formula is C20H14N4O4. The highest BCUT2D eigenvalue weighted by molar-refractivity contribution is 5.98. The number of rotatable bonds is 2. The molecule has 3 aromatic rings. The fourth-order valence-corrected chi connectivity index (χ4v) is 3.64. The Morgan fingerprint density at radius 3 is 2.71 bits per heavy atom. The number of non-ortho nitro benzene ring substituents is 1. The van der Waals surface area contributed by atoms with Crippen LogP contribution in [-0.4, -0.2) is 15.4 Å². The van der Waals surface area contributed by atoms with Crippen molar-refractivity contribution in [1.82, 2.24) is 4.57 Å². The van der Waals surface area contributed by atoms with Gasteiger partial charge in [-0.25, -0.2) is 0 Å². The molecule has 0 unspecified atom stereocenters. The first-order chi connectivity index (χ1) is 13.4. The zero-order valence-corrected chi connectivity index (χ0v) is 14.7. The van der Waals surface area contributed by atoms with Crippen LogP contribution in [0.4, 0.5) is 5.69 Å². The Morgan fingerprint density at radius 2 is 2.04 bits per heavy atom. The number of nitrogens with zero attached hydrogens (tertiary/aromatic N) is 3. The van der Waals surface area contributed by atoms with Gasteiger partial charge in [-0.15, -0.1) is 0 Å². The second-order valence-corrected chi connectivity index (χ2v) is 6.36. The normalized spacial score (nSPS) is 15.6. The molecule has 1 aliphatic heterocycles. The Bertz CT molecular complexity index is 1230. The number of para-hydroxylation sites is 1. The molecule has 8 heteroatoms. The molecule has 0 aliphatic carbocycles. The van der Waals surface area contributed by atoms with E-state index in [1.165, 1.54) is 29.7 Å². The summed E-state index contributed by atoms with van der Waals surface area (Å²) in [6.45, 7) is 1.41. The number of nitrogens with two attached hydrogens (primary N) is 1. The number of benzene rings is 2. The number of hydrogen-bond acceptors (Lipinski definition) is 6. The van der Waals surface area contributed by atoms with Crippen LogP contribution in [0.15, 0.2) is 60.0 Å². The second kappa shape index (κ2) is 6.25. The average molecular weight is 374 g/mol. The summed E-state index contributed by atoms with van der Waals surface area (Å²) in [6.07, 6.45) is 0. The number of fused-ring (bicyclic) bond motifs is 3. The summed E-state index contributed by atoms with van der Waals surface area (Å²) in [4.78, 5) is 23.2. The average Bonchev–Trinajstić information content (AvgIpc) is 3.01. The van der Waals surface area contributed by atoms with Crippen molar-refractivity contribution in [2.45, 2.75) is 12.8 Å². The van der Waals surface area contributed by atoms with Crippen LogP contribution >= 0.6 is 0 Å². The van der Waals surface area contributed by atoms with Crippen molar-refractivity contribution in [1.29, 1.82) is 5.26 Å². The molecule has 0 saturated heterocycles. The van der Waals surface area contributed by atoms with E-state index in [1.54, 1.807) is 30.3 Å². The van der Waals surface area contributed by atoms with E-state index in [-0.39, 0.29) is 23.1 Å². The van der Waals surface area contributed by atoms with Crippen LogP contribution in [-0.2, 0) is 0 Å². The number of nitro groups is 1. The first kappa shape index (κ1) is 17.3. The highest BCUT2D eigenvalue weighted by Gasteiger charge is 2.37. The third-order valence-corrected chi connectivity index (χ3v) is 4.75. The van der Waals surface area contributed by atoms with E-state index >= 15 is 0 Å². The summed E-state index contributed by atoms with van der Waals surface area (Å²) in [5.74, 6) is -0.754. The van der Waals surface area contributed by atoms with E-state index in [0.29, 0.717) is 27.9 Å². The van der Waals surface area contributed by atoms with Gasteiger partial charge in [-0.3, -0.25) is 19.5 Å². The molecule has 0 saturated carbocycles. The lowest BCUT2D eigenvalue weighted by Crippen LogP contribution is -2.24. The predicted molar refractivity (Wildman–Crippen MR) is 101 cm³/mol. The van der Waals surface area contributed by atoms with Crippen LogP contribution in [0.25, 0.3) is 10.9 Å². The van der Waals surface area contributed by atoms with Gasteiger partial charge < -0.3 is 10.5 Å². The van der Waals surface area contributed by atoms with Crippen LogP contribution in [0.5, 0.6) is 5.75 Å². The largest absolute Gasteiger partial charge is 0.438 e. The zero-order chi connectivity index (χ0) is 20.0. The topological polar surface area (TPSA) is 124 Å². The number of aromatic nitrogens is 1. The maximum absolute atomic E-state index is 12.5. The monoisotopic (exact) mass is 374 g/mol. The third-order valence-electron chi connectivity index (χ3n) is 4.75. The van der Waals surface area contributed by atoms with Gasteiger partial charge in [0.25, 0.3) is 5.69 Å². The summed E-state index contributed by atoms with van der Waals surface area (Å²) in [5.41, 5.74) is 7.51. The first-order valence-corrected chi connectivity index (χ1v) is 8.40. The molecule has 1 aromatic heterocycles. The smallest absolute Gasteiger partial charge is 0.269 e. The van der Waals surface area contributed by atoms with Crippen molar-refractivity contribution < 1.29 is 14.5 Å². The summed E-state index contributed by atoms with van der Waals surface area (Å²) in [5, 5.41) is 21.6. The van der Waals surface area contributed by atoms with E-state index in [2.05, 4.69) is 0 Å². The molecule has 0 bridgehead atoms. The molecular weight excluding hydrogens is 360 g/mol. The van der Waals surface area contributed by atoms with Crippen LogP contribution in [0, 0.1) is 21.4 Å². The lowest BCUT2D eigenvalue weighted by Gasteiger charge is -2.25. The summed E-state index contributed by atoms with van der Waals surface area (Å²) < 4.78 is 7.21. The lowest BCUT2D eigenvalue weighted by molar-refractivity contribution is -0.384. The number of ether oxygens (including phenoxy) is 1. The minimum atomic E-state index is -0.773. The molecule has 0 fully saturated rings. The van der Waals surface area contributed by atoms with Crippen molar-refractivity contribution in [3.05, 3.63) is 81.4 Å². The third kappa shape index (κ3) is 2.41. The van der Waals surface area contributed by atoms with Gasteiger partial charge in [0.15, 0.2) is 5.75 Å². The Hall–Kier alpha value is -4.12. The number of allylic oxidation sites excluding steroid dienone is 1. The predicted octanol–water partition coefficient (Wildman–Crippen LogP) is 3.43. The summed E-state index contributed by atoms with van der Waals surface area (Å²) >= 11 is 0. The van der Waals surface area contributed by atoms with E-state index < -0.39 is 10.8 Å². The van der Waals surface area contributed by atoms with Crippen LogP contribution in [0.2, 0.25) is 0 Å². The Labute approximate surface area is 159 Å². The maximum Gasteiger partial charge on any atom is 0.269 e. The molecule has 8 nitrogen and oxygen atoms in total. The molecule has 2 heterocycles. The van der Waals surface area contributed by atoms with Crippen LogP contribution in [0.1, 0.15) is 28.9 Å². The van der Waals surface area contributed by atoms with Crippen molar-refractivity contribution in [2.24, 2.45) is 5.73 Å². The number of carbonyl (C=O) groups is 1. The van der Waals surface area contributed by atoms with Gasteiger partial charge in [0, 0.05) is 24.4 Å². The fraction of sp³-hybridized carbons (Fsp3) is 0.100. The number of carbonyl (C=O) groups excluding carboxylic acids is 1. The molecule has 28 heavy (non-hydrogen) atoms. The van der Waals surface area contributed by atoms with Gasteiger partial charge in [0.2, 0.25) is 11.8 Å². The zero-order valence-electron chi connectivity index (χ0n) is 14.7. The van der Waals surface area contributed by atoms with Crippen LogP contribution in [0.3, 0.4) is 0 Å². The number of nitro benzene ring substituents is 1. The number of hydrogen-bond donors (Lipinski definition) is 1. The van der Waals surface area contributed by atoms with Crippen LogP contribution < -0.4 is 10.5 Å². The van der Waals surface area contributed by atoms with Gasteiger partial charge in [-0.05, 0) is 17.7 Å². The van der Waals surface area contributed by atoms with E-state index in [4.69, 9.17) is 10.5 Å². The van der Waals surface area contributed by atoms with Gasteiger partial charge >= 0.3 is 0 Å². The molecule has 2 aromatic carbocycles. The number of nitriles is 1. The molecule has 1 aliphatic rings. The lowest BCUT2D eigenvalue weighted by atomic mass is 9.86. The van der Waals surface area contributed by atoms with Crippen molar-refractivity contribution in [3.63, 3.8) is 0 Å².